The van der Waals surface area contributed by atoms with E-state index in [-0.39, 0.29) is 18.5 Å². The molecule has 136 valence electrons. The molecule has 0 aliphatic carbocycles. The van der Waals surface area contributed by atoms with E-state index in [1.807, 2.05) is 30.0 Å². The van der Waals surface area contributed by atoms with Gasteiger partial charge in [0, 0.05) is 37.4 Å². The maximum Gasteiger partial charge on any atom is 0.328 e. The Morgan fingerprint density at radius 1 is 1.35 bits per heavy atom. The number of nitrogens with zero attached hydrogens (tertiary/aromatic N) is 5. The van der Waals surface area contributed by atoms with Crippen LogP contribution in [0.4, 0.5) is 10.5 Å². The summed E-state index contributed by atoms with van der Waals surface area (Å²) in [5, 5.41) is 0.692. The molecule has 0 N–H and O–H groups in total. The number of fused-ring (bicyclic) bond motifs is 3. The Morgan fingerprint density at radius 2 is 2.12 bits per heavy atom. The van der Waals surface area contributed by atoms with Crippen LogP contribution in [-0.2, 0) is 4.79 Å². The quantitative estimate of drug-likeness (QED) is 0.759. The highest BCUT2D eigenvalue weighted by atomic mass is 35.5. The molecule has 3 aliphatic rings. The number of imide groups is 1. The number of hydrogen-bond acceptors (Lipinski definition) is 5. The van der Waals surface area contributed by atoms with Gasteiger partial charge in [-0.25, -0.2) is 9.79 Å². The average Bonchev–Trinajstić information content (AvgIpc) is 3.18. The molecule has 26 heavy (non-hydrogen) atoms. The minimum Gasteiger partial charge on any atom is -0.325 e. The normalized spacial score (nSPS) is 24.8. The molecule has 3 aliphatic heterocycles. The number of urea groups is 1. The van der Waals surface area contributed by atoms with Gasteiger partial charge >= 0.3 is 6.03 Å². The third kappa shape index (κ3) is 2.23. The number of halogens is 1. The van der Waals surface area contributed by atoms with Crippen LogP contribution < -0.4 is 4.90 Å². The predicted octanol–water partition coefficient (Wildman–Crippen LogP) is 1.91. The van der Waals surface area contributed by atoms with Crippen LogP contribution in [0.25, 0.3) is 0 Å². The molecule has 3 heterocycles. The van der Waals surface area contributed by atoms with Crippen LogP contribution in [0.2, 0.25) is 5.02 Å². The van der Waals surface area contributed by atoms with Gasteiger partial charge in [0.1, 0.15) is 0 Å². The van der Waals surface area contributed by atoms with Crippen LogP contribution >= 0.6 is 11.6 Å². The van der Waals surface area contributed by atoms with Crippen LogP contribution in [0.15, 0.2) is 35.8 Å². The van der Waals surface area contributed by atoms with Gasteiger partial charge in [-0.05, 0) is 24.6 Å². The van der Waals surface area contributed by atoms with Crippen molar-refractivity contribution in [2.45, 2.75) is 19.1 Å². The second-order valence-electron chi connectivity index (χ2n) is 6.65. The van der Waals surface area contributed by atoms with Crippen LogP contribution in [0.5, 0.6) is 0 Å². The van der Waals surface area contributed by atoms with Gasteiger partial charge in [0.15, 0.2) is 12.2 Å². The fourth-order valence-electron chi connectivity index (χ4n) is 3.85. The van der Waals surface area contributed by atoms with Crippen molar-refractivity contribution in [3.05, 3.63) is 41.4 Å². The van der Waals surface area contributed by atoms with E-state index in [0.717, 1.165) is 23.8 Å². The van der Waals surface area contributed by atoms with Crippen LogP contribution in [-0.4, -0.2) is 71.5 Å². The summed E-state index contributed by atoms with van der Waals surface area (Å²) in [5.41, 5.74) is 1.94. The third-order valence-corrected chi connectivity index (χ3v) is 5.63. The van der Waals surface area contributed by atoms with E-state index < -0.39 is 12.2 Å². The largest absolute Gasteiger partial charge is 0.328 e. The van der Waals surface area contributed by atoms with Crippen molar-refractivity contribution in [3.8, 4) is 0 Å². The van der Waals surface area contributed by atoms with Gasteiger partial charge < -0.3 is 14.7 Å². The Labute approximate surface area is 157 Å². The molecule has 0 saturated carbocycles. The molecular weight excluding hydrogens is 354 g/mol. The van der Waals surface area contributed by atoms with Crippen molar-refractivity contribution in [1.82, 2.24) is 14.7 Å². The SMILES string of the molecule is C=CCN1C(=O)C2C(N=C3N(c4cccc(Cl)c4C)CCN32)N(C)C1=O. The number of aliphatic imine (C=N–C) groups is 1. The smallest absolute Gasteiger partial charge is 0.325 e. The highest BCUT2D eigenvalue weighted by Crippen LogP contribution is 2.35. The number of guanidine groups is 1. The lowest BCUT2D eigenvalue weighted by atomic mass is 10.1. The van der Waals surface area contributed by atoms with E-state index in [1.165, 1.54) is 9.80 Å². The molecule has 2 saturated heterocycles. The molecule has 0 radical (unpaired) electrons. The zero-order valence-corrected chi connectivity index (χ0v) is 15.5. The van der Waals surface area contributed by atoms with E-state index in [4.69, 9.17) is 16.6 Å². The Bertz CT molecular complexity index is 839. The second kappa shape index (κ2) is 6.02. The zero-order chi connectivity index (χ0) is 18.6. The summed E-state index contributed by atoms with van der Waals surface area (Å²) in [6.45, 7) is 7.20. The van der Waals surface area contributed by atoms with Crippen molar-refractivity contribution < 1.29 is 9.59 Å². The van der Waals surface area contributed by atoms with Crippen molar-refractivity contribution >= 4 is 35.2 Å². The van der Waals surface area contributed by atoms with Gasteiger partial charge in [-0.2, -0.15) is 0 Å². The topological polar surface area (TPSA) is 59.5 Å². The maximum atomic E-state index is 12.9. The average molecular weight is 374 g/mol. The number of rotatable bonds is 3. The highest BCUT2D eigenvalue weighted by Gasteiger charge is 2.54. The van der Waals surface area contributed by atoms with E-state index >= 15 is 0 Å². The molecule has 1 aromatic rings. The van der Waals surface area contributed by atoms with Crippen molar-refractivity contribution in [2.24, 2.45) is 4.99 Å². The summed E-state index contributed by atoms with van der Waals surface area (Å²) in [7, 11) is 1.68. The number of benzene rings is 1. The first-order valence-corrected chi connectivity index (χ1v) is 8.89. The van der Waals surface area contributed by atoms with Crippen molar-refractivity contribution in [2.75, 3.05) is 31.6 Å². The summed E-state index contributed by atoms with van der Waals surface area (Å²) in [6, 6.07) is 4.93. The van der Waals surface area contributed by atoms with Crippen LogP contribution in [0.1, 0.15) is 5.56 Å². The number of carbonyl (C=O) groups is 2. The lowest BCUT2D eigenvalue weighted by Crippen LogP contribution is -2.64. The van der Waals surface area contributed by atoms with E-state index in [0.29, 0.717) is 11.6 Å². The minimum absolute atomic E-state index is 0.200. The predicted molar refractivity (Wildman–Crippen MR) is 100 cm³/mol. The zero-order valence-electron chi connectivity index (χ0n) is 14.7. The number of likely N-dealkylation sites (N-methyl/N-ethyl adjacent to an activating group) is 1. The fourth-order valence-corrected chi connectivity index (χ4v) is 4.02. The second-order valence-corrected chi connectivity index (χ2v) is 7.05. The van der Waals surface area contributed by atoms with Crippen LogP contribution in [0.3, 0.4) is 0 Å². The van der Waals surface area contributed by atoms with E-state index in [9.17, 15) is 9.59 Å². The molecule has 2 atom stereocenters. The summed E-state index contributed by atoms with van der Waals surface area (Å²) in [6.07, 6.45) is 1.06. The monoisotopic (exact) mass is 373 g/mol. The summed E-state index contributed by atoms with van der Waals surface area (Å²) < 4.78 is 0. The maximum absolute atomic E-state index is 12.9. The van der Waals surface area contributed by atoms with Gasteiger partial charge in [-0.3, -0.25) is 9.69 Å². The number of hydrogen-bond donors (Lipinski definition) is 0. The van der Waals surface area contributed by atoms with Crippen LogP contribution in [0, 0.1) is 6.92 Å². The number of amides is 3. The molecule has 3 amide bonds. The first-order chi connectivity index (χ1) is 12.5. The van der Waals surface area contributed by atoms with E-state index in [2.05, 4.69) is 11.5 Å². The molecule has 0 spiro atoms. The van der Waals surface area contributed by atoms with Gasteiger partial charge in [0.2, 0.25) is 5.96 Å². The Hall–Kier alpha value is -2.54. The van der Waals surface area contributed by atoms with Crippen molar-refractivity contribution in [1.29, 1.82) is 0 Å². The third-order valence-electron chi connectivity index (χ3n) is 5.22. The number of carbonyl (C=O) groups excluding carboxylic acids is 2. The van der Waals surface area contributed by atoms with Gasteiger partial charge in [0.05, 0.1) is 0 Å². The molecular formula is C18H20ClN5O2. The molecule has 8 heteroatoms. The Balaban J connectivity index is 1.71. The molecule has 2 fully saturated rings. The van der Waals surface area contributed by atoms with E-state index in [1.54, 1.807) is 13.1 Å². The summed E-state index contributed by atoms with van der Waals surface area (Å²) in [5.74, 6) is 0.500. The van der Waals surface area contributed by atoms with Gasteiger partial charge in [0.25, 0.3) is 5.91 Å². The number of anilines is 1. The fraction of sp³-hybridized carbons (Fsp3) is 0.389. The Kier molecular flexibility index (Phi) is 3.91. The van der Waals surface area contributed by atoms with Crippen molar-refractivity contribution in [3.63, 3.8) is 0 Å². The summed E-state index contributed by atoms with van der Waals surface area (Å²) >= 11 is 6.27. The summed E-state index contributed by atoms with van der Waals surface area (Å²) in [4.78, 5) is 37.0. The lowest BCUT2D eigenvalue weighted by Gasteiger charge is -2.40. The standard InChI is InChI=1S/C18H20ClN5O2/c1-4-8-24-16(25)14-15(21(3)18(24)26)20-17-22(9-10-23(14)17)13-7-5-6-12(19)11(13)2/h4-7,14-15H,1,8-10H2,2-3H3. The molecule has 7 nitrogen and oxygen atoms in total. The molecule has 0 bridgehead atoms. The lowest BCUT2D eigenvalue weighted by molar-refractivity contribution is -0.136. The molecule has 4 rings (SSSR count). The first-order valence-electron chi connectivity index (χ1n) is 8.52. The molecule has 1 aromatic carbocycles. The highest BCUT2D eigenvalue weighted by molar-refractivity contribution is 6.31. The van der Waals surface area contributed by atoms with Gasteiger partial charge in [-0.15, -0.1) is 6.58 Å². The van der Waals surface area contributed by atoms with Gasteiger partial charge in [-0.1, -0.05) is 23.7 Å². The first kappa shape index (κ1) is 16.9. The minimum atomic E-state index is -0.506. The molecule has 0 aromatic heterocycles. The Morgan fingerprint density at radius 3 is 2.85 bits per heavy atom. The molecule has 2 unspecified atom stereocenters.